The van der Waals surface area contributed by atoms with Crippen molar-refractivity contribution in [2.45, 2.75) is 19.8 Å². The number of nitrogens with one attached hydrogen (secondary N) is 2. The quantitative estimate of drug-likeness (QED) is 0.828. The number of hydrogen-bond donors (Lipinski definition) is 2. The summed E-state index contributed by atoms with van der Waals surface area (Å²) in [5.74, 6) is 0.321. The standard InChI is InChI=1S/C13H15FN2O/c1-9(10-2-3-10)8-15-13(17)16-12-6-4-11(14)5-7-12/h4-8,10H,2-3H2,1H3,(H2,15,16,17)/b9-8+. The van der Waals surface area contributed by atoms with Gasteiger partial charge in [-0.15, -0.1) is 0 Å². The predicted molar refractivity (Wildman–Crippen MR) is 65.0 cm³/mol. The fourth-order valence-corrected chi connectivity index (χ4v) is 1.54. The summed E-state index contributed by atoms with van der Waals surface area (Å²) in [6.07, 6.45) is 4.16. The Bertz CT molecular complexity index is 435. The van der Waals surface area contributed by atoms with Crippen molar-refractivity contribution in [1.82, 2.24) is 5.32 Å². The molecule has 1 fully saturated rings. The maximum absolute atomic E-state index is 12.6. The third-order valence-corrected chi connectivity index (χ3v) is 2.75. The van der Waals surface area contributed by atoms with Crippen LogP contribution in [0.3, 0.4) is 0 Å². The zero-order valence-electron chi connectivity index (χ0n) is 9.66. The molecule has 0 radical (unpaired) electrons. The number of hydrogen-bond acceptors (Lipinski definition) is 1. The molecule has 2 N–H and O–H groups in total. The Balaban J connectivity index is 1.84. The highest BCUT2D eigenvalue weighted by atomic mass is 19.1. The van der Waals surface area contributed by atoms with Gasteiger partial charge in [0.05, 0.1) is 0 Å². The maximum atomic E-state index is 12.6. The number of halogens is 1. The summed E-state index contributed by atoms with van der Waals surface area (Å²) in [6, 6.07) is 5.34. The Labute approximate surface area is 99.7 Å². The van der Waals surface area contributed by atoms with Gasteiger partial charge < -0.3 is 10.6 Å². The lowest BCUT2D eigenvalue weighted by molar-refractivity contribution is 0.255. The first-order valence-electron chi connectivity index (χ1n) is 5.65. The number of rotatable bonds is 3. The summed E-state index contributed by atoms with van der Waals surface area (Å²) in [7, 11) is 0. The first kappa shape index (κ1) is 11.6. The highest BCUT2D eigenvalue weighted by molar-refractivity contribution is 5.89. The van der Waals surface area contributed by atoms with Crippen LogP contribution in [0.1, 0.15) is 19.8 Å². The molecule has 1 aromatic carbocycles. The van der Waals surface area contributed by atoms with Gasteiger partial charge >= 0.3 is 6.03 Å². The molecule has 1 saturated carbocycles. The predicted octanol–water partition coefficient (Wildman–Crippen LogP) is 3.26. The van der Waals surface area contributed by atoms with Gasteiger partial charge in [0.2, 0.25) is 0 Å². The minimum atomic E-state index is -0.319. The van der Waals surface area contributed by atoms with E-state index >= 15 is 0 Å². The molecular weight excluding hydrogens is 219 g/mol. The molecule has 0 saturated heterocycles. The lowest BCUT2D eigenvalue weighted by Gasteiger charge is -2.05. The van der Waals surface area contributed by atoms with Crippen LogP contribution >= 0.6 is 0 Å². The van der Waals surface area contributed by atoms with Gasteiger partial charge in [-0.05, 0) is 49.9 Å². The van der Waals surface area contributed by atoms with Gasteiger partial charge in [-0.25, -0.2) is 9.18 Å². The molecule has 1 aliphatic rings. The zero-order chi connectivity index (χ0) is 12.3. The van der Waals surface area contributed by atoms with Crippen LogP contribution in [0.25, 0.3) is 0 Å². The van der Waals surface area contributed by atoms with E-state index < -0.39 is 0 Å². The monoisotopic (exact) mass is 234 g/mol. The number of anilines is 1. The molecule has 0 atom stereocenters. The third kappa shape index (κ3) is 3.59. The summed E-state index contributed by atoms with van der Waals surface area (Å²) in [5.41, 5.74) is 1.76. The number of carbonyl (C=O) groups is 1. The van der Waals surface area contributed by atoms with Crippen molar-refractivity contribution >= 4 is 11.7 Å². The molecule has 0 aromatic heterocycles. The molecule has 0 bridgehead atoms. The van der Waals surface area contributed by atoms with Crippen LogP contribution in [0.4, 0.5) is 14.9 Å². The second kappa shape index (κ2) is 4.99. The minimum absolute atomic E-state index is 0.309. The fourth-order valence-electron chi connectivity index (χ4n) is 1.54. The Kier molecular flexibility index (Phi) is 3.42. The number of urea groups is 1. The molecule has 0 spiro atoms. The van der Waals surface area contributed by atoms with E-state index in [-0.39, 0.29) is 11.8 Å². The van der Waals surface area contributed by atoms with Crippen LogP contribution < -0.4 is 10.6 Å². The van der Waals surface area contributed by atoms with E-state index in [0.717, 1.165) is 0 Å². The smallest absolute Gasteiger partial charge is 0.314 e. The molecule has 2 amide bonds. The summed E-state index contributed by atoms with van der Waals surface area (Å²) in [4.78, 5) is 11.5. The second-order valence-electron chi connectivity index (χ2n) is 4.27. The largest absolute Gasteiger partial charge is 0.323 e. The highest BCUT2D eigenvalue weighted by Crippen LogP contribution is 2.35. The molecule has 4 heteroatoms. The third-order valence-electron chi connectivity index (χ3n) is 2.75. The molecule has 0 unspecified atom stereocenters. The number of benzene rings is 1. The summed E-state index contributed by atoms with van der Waals surface area (Å²) < 4.78 is 12.6. The zero-order valence-corrected chi connectivity index (χ0v) is 9.66. The number of allylic oxidation sites excluding steroid dienone is 1. The Hall–Kier alpha value is -1.84. The fraction of sp³-hybridized carbons (Fsp3) is 0.308. The normalized spacial score (nSPS) is 15.5. The summed E-state index contributed by atoms with van der Waals surface area (Å²) in [6.45, 7) is 2.01. The molecule has 0 heterocycles. The Morgan fingerprint density at radius 1 is 1.35 bits per heavy atom. The molecular formula is C13H15FN2O. The number of carbonyl (C=O) groups excluding carboxylic acids is 1. The second-order valence-corrected chi connectivity index (χ2v) is 4.27. The van der Waals surface area contributed by atoms with E-state index in [9.17, 15) is 9.18 Å². The molecule has 1 aliphatic carbocycles. The van der Waals surface area contributed by atoms with Gasteiger partial charge in [-0.2, -0.15) is 0 Å². The van der Waals surface area contributed by atoms with E-state index in [2.05, 4.69) is 10.6 Å². The molecule has 17 heavy (non-hydrogen) atoms. The lowest BCUT2D eigenvalue weighted by atomic mass is 10.2. The van der Waals surface area contributed by atoms with Gasteiger partial charge in [0, 0.05) is 11.9 Å². The number of amides is 2. The van der Waals surface area contributed by atoms with Crippen molar-refractivity contribution in [2.75, 3.05) is 5.32 Å². The SMILES string of the molecule is C/C(=C\NC(=O)Nc1ccc(F)cc1)C1CC1. The van der Waals surface area contributed by atoms with Crippen molar-refractivity contribution in [3.63, 3.8) is 0 Å². The van der Waals surface area contributed by atoms with Crippen LogP contribution in [0, 0.1) is 11.7 Å². The van der Waals surface area contributed by atoms with Crippen molar-refractivity contribution in [3.05, 3.63) is 41.9 Å². The minimum Gasteiger partial charge on any atom is -0.314 e. The van der Waals surface area contributed by atoms with E-state index in [0.29, 0.717) is 11.6 Å². The van der Waals surface area contributed by atoms with Crippen LogP contribution in [0.2, 0.25) is 0 Å². The van der Waals surface area contributed by atoms with Crippen LogP contribution in [-0.2, 0) is 0 Å². The van der Waals surface area contributed by atoms with Gasteiger partial charge in [-0.1, -0.05) is 5.57 Å². The van der Waals surface area contributed by atoms with Gasteiger partial charge in [0.25, 0.3) is 0 Å². The van der Waals surface area contributed by atoms with Crippen molar-refractivity contribution < 1.29 is 9.18 Å². The van der Waals surface area contributed by atoms with Crippen LogP contribution in [0.15, 0.2) is 36.0 Å². The van der Waals surface area contributed by atoms with Gasteiger partial charge in [0.15, 0.2) is 0 Å². The van der Waals surface area contributed by atoms with Crippen LogP contribution in [0.5, 0.6) is 0 Å². The average Bonchev–Trinajstić information content (AvgIpc) is 3.13. The van der Waals surface area contributed by atoms with Crippen molar-refractivity contribution in [1.29, 1.82) is 0 Å². The van der Waals surface area contributed by atoms with E-state index in [1.54, 1.807) is 6.20 Å². The van der Waals surface area contributed by atoms with Gasteiger partial charge in [0.1, 0.15) is 5.82 Å². The van der Waals surface area contributed by atoms with Crippen LogP contribution in [-0.4, -0.2) is 6.03 Å². The Morgan fingerprint density at radius 3 is 2.59 bits per heavy atom. The van der Waals surface area contributed by atoms with E-state index in [1.807, 2.05) is 6.92 Å². The summed E-state index contributed by atoms with van der Waals surface area (Å²) in [5, 5.41) is 5.28. The molecule has 2 rings (SSSR count). The van der Waals surface area contributed by atoms with Gasteiger partial charge in [-0.3, -0.25) is 0 Å². The molecule has 90 valence electrons. The van der Waals surface area contributed by atoms with Crippen molar-refractivity contribution in [2.24, 2.45) is 5.92 Å². The van der Waals surface area contributed by atoms with E-state index in [1.165, 1.54) is 42.7 Å². The lowest BCUT2D eigenvalue weighted by Crippen LogP contribution is -2.24. The maximum Gasteiger partial charge on any atom is 0.323 e. The molecule has 3 nitrogen and oxygen atoms in total. The van der Waals surface area contributed by atoms with Crippen molar-refractivity contribution in [3.8, 4) is 0 Å². The average molecular weight is 234 g/mol. The first-order valence-corrected chi connectivity index (χ1v) is 5.65. The summed E-state index contributed by atoms with van der Waals surface area (Å²) >= 11 is 0. The highest BCUT2D eigenvalue weighted by Gasteiger charge is 2.22. The topological polar surface area (TPSA) is 41.1 Å². The molecule has 0 aliphatic heterocycles. The first-order chi connectivity index (χ1) is 8.15. The molecule has 1 aromatic rings. The van der Waals surface area contributed by atoms with E-state index in [4.69, 9.17) is 0 Å². The Morgan fingerprint density at radius 2 is 2.00 bits per heavy atom.